The molecule has 0 saturated heterocycles. The van der Waals surface area contributed by atoms with Crippen molar-refractivity contribution in [3.05, 3.63) is 69.0 Å². The summed E-state index contributed by atoms with van der Waals surface area (Å²) in [4.78, 5) is 12.7. The highest BCUT2D eigenvalue weighted by Crippen LogP contribution is 2.30. The van der Waals surface area contributed by atoms with Crippen molar-refractivity contribution >= 4 is 44.3 Å². The Labute approximate surface area is 134 Å². The van der Waals surface area contributed by atoms with E-state index in [0.717, 1.165) is 26.0 Å². The molecule has 0 radical (unpaired) electrons. The summed E-state index contributed by atoms with van der Waals surface area (Å²) in [6.45, 7) is 0. The summed E-state index contributed by atoms with van der Waals surface area (Å²) in [5, 5.41) is 0.944. The van der Waals surface area contributed by atoms with Gasteiger partial charge in [0.1, 0.15) is 5.58 Å². The van der Waals surface area contributed by atoms with Crippen LogP contribution in [0.3, 0.4) is 0 Å². The highest BCUT2D eigenvalue weighted by molar-refractivity contribution is 9.10. The molecule has 0 spiro atoms. The molecule has 106 valence electrons. The van der Waals surface area contributed by atoms with Crippen LogP contribution >= 0.6 is 27.7 Å². The van der Waals surface area contributed by atoms with Crippen LogP contribution in [-0.4, -0.2) is 0 Å². The number of hydrogen-bond donors (Lipinski definition) is 1. The van der Waals surface area contributed by atoms with E-state index in [2.05, 4.69) is 15.9 Å². The van der Waals surface area contributed by atoms with Crippen LogP contribution in [0.5, 0.6) is 0 Å². The molecule has 0 aliphatic heterocycles. The van der Waals surface area contributed by atoms with E-state index in [1.54, 1.807) is 17.8 Å². The van der Waals surface area contributed by atoms with Crippen molar-refractivity contribution in [1.82, 2.24) is 0 Å². The maximum absolute atomic E-state index is 11.7. The molecular formula is C16H12BrNO2S. The number of nitrogen functional groups attached to an aromatic ring is 1. The summed E-state index contributed by atoms with van der Waals surface area (Å²) in [6.07, 6.45) is 0. The summed E-state index contributed by atoms with van der Waals surface area (Å²) >= 11 is 4.99. The maximum atomic E-state index is 11.7. The Morgan fingerprint density at radius 3 is 2.76 bits per heavy atom. The number of fused-ring (bicyclic) bond motifs is 1. The molecule has 1 aromatic heterocycles. The minimum atomic E-state index is -0.336. The fourth-order valence-electron chi connectivity index (χ4n) is 2.09. The van der Waals surface area contributed by atoms with Crippen molar-refractivity contribution in [1.29, 1.82) is 0 Å². The van der Waals surface area contributed by atoms with Crippen LogP contribution in [0.15, 0.2) is 67.1 Å². The zero-order valence-corrected chi connectivity index (χ0v) is 13.4. The average molecular weight is 362 g/mol. The van der Waals surface area contributed by atoms with Gasteiger partial charge in [0.15, 0.2) is 0 Å². The molecule has 21 heavy (non-hydrogen) atoms. The van der Waals surface area contributed by atoms with Gasteiger partial charge in [-0.15, -0.1) is 11.8 Å². The Morgan fingerprint density at radius 1 is 1.14 bits per heavy atom. The number of benzene rings is 2. The van der Waals surface area contributed by atoms with Gasteiger partial charge in [-0.25, -0.2) is 4.79 Å². The molecule has 5 heteroatoms. The summed E-state index contributed by atoms with van der Waals surface area (Å²) < 4.78 is 6.12. The largest absolute Gasteiger partial charge is 0.423 e. The van der Waals surface area contributed by atoms with Crippen LogP contribution in [0.25, 0.3) is 11.0 Å². The topological polar surface area (TPSA) is 56.2 Å². The maximum Gasteiger partial charge on any atom is 0.336 e. The quantitative estimate of drug-likeness (QED) is 0.425. The van der Waals surface area contributed by atoms with Crippen LogP contribution < -0.4 is 11.4 Å². The van der Waals surface area contributed by atoms with Crippen molar-refractivity contribution in [2.45, 2.75) is 10.6 Å². The first-order valence-corrected chi connectivity index (χ1v) is 8.11. The molecule has 0 bridgehead atoms. The van der Waals surface area contributed by atoms with Gasteiger partial charge in [-0.2, -0.15) is 0 Å². The minimum Gasteiger partial charge on any atom is -0.423 e. The number of thioether (sulfide) groups is 1. The standard InChI is InChI=1S/C16H12BrNO2S/c17-11-5-6-12-10(7-16(19)20-14(12)8-11)9-21-15-4-2-1-3-13(15)18/h1-8H,9,18H2. The number of para-hydroxylation sites is 1. The second-order valence-corrected chi connectivity index (χ2v) is 6.49. The fraction of sp³-hybridized carbons (Fsp3) is 0.0625. The van der Waals surface area contributed by atoms with Crippen LogP contribution in [-0.2, 0) is 5.75 Å². The van der Waals surface area contributed by atoms with E-state index in [-0.39, 0.29) is 5.63 Å². The SMILES string of the molecule is Nc1ccccc1SCc1cc(=O)oc2cc(Br)ccc12. The zero-order valence-electron chi connectivity index (χ0n) is 11.0. The monoisotopic (exact) mass is 361 g/mol. The molecule has 3 rings (SSSR count). The van der Waals surface area contributed by atoms with E-state index in [1.165, 1.54) is 0 Å². The van der Waals surface area contributed by atoms with Crippen LogP contribution in [0.4, 0.5) is 5.69 Å². The van der Waals surface area contributed by atoms with E-state index in [0.29, 0.717) is 11.3 Å². The van der Waals surface area contributed by atoms with Gasteiger partial charge in [-0.05, 0) is 35.9 Å². The smallest absolute Gasteiger partial charge is 0.336 e. The third kappa shape index (κ3) is 3.14. The van der Waals surface area contributed by atoms with Crippen LogP contribution in [0, 0.1) is 0 Å². The number of rotatable bonds is 3. The lowest BCUT2D eigenvalue weighted by atomic mass is 10.1. The van der Waals surface area contributed by atoms with Gasteiger partial charge in [0.05, 0.1) is 0 Å². The normalized spacial score (nSPS) is 10.9. The number of halogens is 1. The summed E-state index contributed by atoms with van der Waals surface area (Å²) in [5.41, 5.74) is 7.89. The van der Waals surface area contributed by atoms with Crippen molar-refractivity contribution in [2.75, 3.05) is 5.73 Å². The third-order valence-electron chi connectivity index (χ3n) is 3.09. The van der Waals surface area contributed by atoms with Gasteiger partial charge in [0.2, 0.25) is 0 Å². The molecule has 3 aromatic rings. The Morgan fingerprint density at radius 2 is 1.95 bits per heavy atom. The van der Waals surface area contributed by atoms with E-state index >= 15 is 0 Å². The van der Waals surface area contributed by atoms with Gasteiger partial charge >= 0.3 is 5.63 Å². The van der Waals surface area contributed by atoms with Crippen LogP contribution in [0.1, 0.15) is 5.56 Å². The minimum absolute atomic E-state index is 0.336. The van der Waals surface area contributed by atoms with Crippen molar-refractivity contribution in [3.63, 3.8) is 0 Å². The van der Waals surface area contributed by atoms with Crippen molar-refractivity contribution in [2.24, 2.45) is 0 Å². The molecule has 0 aliphatic carbocycles. The van der Waals surface area contributed by atoms with E-state index in [1.807, 2.05) is 42.5 Å². The molecule has 0 aliphatic rings. The molecule has 0 fully saturated rings. The highest BCUT2D eigenvalue weighted by atomic mass is 79.9. The zero-order chi connectivity index (χ0) is 14.8. The predicted octanol–water partition coefficient (Wildman–Crippen LogP) is 4.43. The summed E-state index contributed by atoms with van der Waals surface area (Å²) in [5.74, 6) is 0.665. The first-order valence-electron chi connectivity index (χ1n) is 6.33. The lowest BCUT2D eigenvalue weighted by Crippen LogP contribution is -2.00. The van der Waals surface area contributed by atoms with Gasteiger partial charge < -0.3 is 10.2 Å². The molecular weight excluding hydrogens is 350 g/mol. The average Bonchev–Trinajstić information content (AvgIpc) is 2.45. The molecule has 0 atom stereocenters. The van der Waals surface area contributed by atoms with Crippen molar-refractivity contribution in [3.8, 4) is 0 Å². The second-order valence-electron chi connectivity index (χ2n) is 4.56. The molecule has 0 amide bonds. The Bertz CT molecular complexity index is 860. The Kier molecular flexibility index (Phi) is 4.03. The first kappa shape index (κ1) is 14.2. The molecule has 2 N–H and O–H groups in total. The lowest BCUT2D eigenvalue weighted by molar-refractivity contribution is 0.559. The summed E-state index contributed by atoms with van der Waals surface area (Å²) in [6, 6.07) is 14.9. The van der Waals surface area contributed by atoms with Gasteiger partial charge in [0, 0.05) is 32.3 Å². The fourth-order valence-corrected chi connectivity index (χ4v) is 3.39. The Hall–Kier alpha value is -1.72. The van der Waals surface area contributed by atoms with E-state index < -0.39 is 0 Å². The predicted molar refractivity (Wildman–Crippen MR) is 90.6 cm³/mol. The number of nitrogens with two attached hydrogens (primary N) is 1. The third-order valence-corrected chi connectivity index (χ3v) is 4.73. The van der Waals surface area contributed by atoms with Crippen LogP contribution in [0.2, 0.25) is 0 Å². The Balaban J connectivity index is 1.97. The summed E-state index contributed by atoms with van der Waals surface area (Å²) in [7, 11) is 0. The number of hydrogen-bond acceptors (Lipinski definition) is 4. The molecule has 0 saturated carbocycles. The first-order chi connectivity index (χ1) is 10.1. The molecule has 2 aromatic carbocycles. The molecule has 0 unspecified atom stereocenters. The van der Waals surface area contributed by atoms with Gasteiger partial charge in [0.25, 0.3) is 0 Å². The highest BCUT2D eigenvalue weighted by Gasteiger charge is 2.07. The van der Waals surface area contributed by atoms with Gasteiger partial charge in [-0.1, -0.05) is 28.1 Å². The van der Waals surface area contributed by atoms with Gasteiger partial charge in [-0.3, -0.25) is 0 Å². The van der Waals surface area contributed by atoms with E-state index in [4.69, 9.17) is 10.2 Å². The second kappa shape index (κ2) is 5.95. The van der Waals surface area contributed by atoms with E-state index in [9.17, 15) is 4.79 Å². The molecule has 1 heterocycles. The molecule has 3 nitrogen and oxygen atoms in total. The lowest BCUT2D eigenvalue weighted by Gasteiger charge is -2.07. The number of anilines is 1. The van der Waals surface area contributed by atoms with Crippen molar-refractivity contribution < 1.29 is 4.42 Å².